The first-order valence-electron chi connectivity index (χ1n) is 7.80. The predicted molar refractivity (Wildman–Crippen MR) is 77.3 cm³/mol. The van der Waals surface area contributed by atoms with Gasteiger partial charge in [0.05, 0.1) is 0 Å². The second-order valence-corrected chi connectivity index (χ2v) is 5.85. The van der Waals surface area contributed by atoms with Crippen LogP contribution >= 0.6 is 0 Å². The zero-order valence-electron chi connectivity index (χ0n) is 12.2. The predicted octanol–water partition coefficient (Wildman–Crippen LogP) is 1.93. The summed E-state index contributed by atoms with van der Waals surface area (Å²) in [5.74, 6) is 2.29. The third kappa shape index (κ3) is 3.27. The molecule has 0 aromatic carbocycles. The van der Waals surface area contributed by atoms with E-state index in [1.54, 1.807) is 0 Å². The van der Waals surface area contributed by atoms with Gasteiger partial charge in [-0.05, 0) is 44.8 Å². The van der Waals surface area contributed by atoms with Gasteiger partial charge in [-0.15, -0.1) is 0 Å². The van der Waals surface area contributed by atoms with Gasteiger partial charge in [-0.25, -0.2) is 0 Å². The van der Waals surface area contributed by atoms with E-state index in [2.05, 4.69) is 39.4 Å². The molecule has 3 heterocycles. The fraction of sp³-hybridized carbons (Fsp3) is 0.733. The minimum absolute atomic E-state index is 0.114. The summed E-state index contributed by atoms with van der Waals surface area (Å²) in [4.78, 5) is 7.10. The summed E-state index contributed by atoms with van der Waals surface area (Å²) >= 11 is 0. The molecule has 0 radical (unpaired) electrons. The molecule has 3 rings (SSSR count). The standard InChI is InChI=1S/C15H24N4O/c1-2-8-19-9-5-12(6-10-19)11-14-17-15(20-18-14)13-4-3-7-16-13/h3-4,12-13,16H,2,5-11H2,1H3/t13-/m0/s1. The highest BCUT2D eigenvalue weighted by atomic mass is 16.5. The third-order valence-electron chi connectivity index (χ3n) is 4.25. The Hall–Kier alpha value is -1.20. The molecule has 0 unspecified atom stereocenters. The van der Waals surface area contributed by atoms with Crippen LogP contribution in [0.15, 0.2) is 16.7 Å². The Morgan fingerprint density at radius 2 is 2.25 bits per heavy atom. The van der Waals surface area contributed by atoms with Gasteiger partial charge in [0, 0.05) is 13.0 Å². The molecule has 5 nitrogen and oxygen atoms in total. The third-order valence-corrected chi connectivity index (χ3v) is 4.25. The Morgan fingerprint density at radius 1 is 1.40 bits per heavy atom. The van der Waals surface area contributed by atoms with Crippen LogP contribution in [0.5, 0.6) is 0 Å². The van der Waals surface area contributed by atoms with E-state index in [-0.39, 0.29) is 6.04 Å². The Bertz CT molecular complexity index is 448. The number of nitrogens with zero attached hydrogens (tertiary/aromatic N) is 3. The molecule has 1 aromatic rings. The Labute approximate surface area is 120 Å². The Kier molecular flexibility index (Phi) is 4.47. The average molecular weight is 276 g/mol. The molecule has 2 aliphatic rings. The van der Waals surface area contributed by atoms with Gasteiger partial charge in [0.15, 0.2) is 5.82 Å². The van der Waals surface area contributed by atoms with Crippen molar-refractivity contribution in [3.8, 4) is 0 Å². The highest BCUT2D eigenvalue weighted by molar-refractivity contribution is 5.10. The van der Waals surface area contributed by atoms with Crippen molar-refractivity contribution >= 4 is 0 Å². The van der Waals surface area contributed by atoms with E-state index in [0.29, 0.717) is 11.8 Å². The molecule has 1 aromatic heterocycles. The number of aromatic nitrogens is 2. The smallest absolute Gasteiger partial charge is 0.247 e. The summed E-state index contributed by atoms with van der Waals surface area (Å²) in [5, 5.41) is 7.43. The first-order valence-corrected chi connectivity index (χ1v) is 7.80. The molecule has 1 N–H and O–H groups in total. The van der Waals surface area contributed by atoms with Gasteiger partial charge in [0.1, 0.15) is 6.04 Å². The van der Waals surface area contributed by atoms with Gasteiger partial charge in [-0.2, -0.15) is 4.98 Å². The van der Waals surface area contributed by atoms with Crippen LogP contribution in [-0.4, -0.2) is 41.2 Å². The largest absolute Gasteiger partial charge is 0.337 e. The van der Waals surface area contributed by atoms with Crippen LogP contribution in [0.4, 0.5) is 0 Å². The first kappa shape index (κ1) is 13.8. The zero-order valence-corrected chi connectivity index (χ0v) is 12.2. The van der Waals surface area contributed by atoms with Crippen molar-refractivity contribution in [1.82, 2.24) is 20.4 Å². The highest BCUT2D eigenvalue weighted by Crippen LogP contribution is 2.22. The highest BCUT2D eigenvalue weighted by Gasteiger charge is 2.23. The van der Waals surface area contributed by atoms with Gasteiger partial charge in [-0.1, -0.05) is 24.2 Å². The van der Waals surface area contributed by atoms with Crippen molar-refractivity contribution in [3.63, 3.8) is 0 Å². The lowest BCUT2D eigenvalue weighted by molar-refractivity contribution is 0.182. The van der Waals surface area contributed by atoms with Crippen molar-refractivity contribution < 1.29 is 4.52 Å². The van der Waals surface area contributed by atoms with Crippen molar-refractivity contribution in [2.24, 2.45) is 5.92 Å². The monoisotopic (exact) mass is 276 g/mol. The van der Waals surface area contributed by atoms with Crippen molar-refractivity contribution in [2.75, 3.05) is 26.2 Å². The van der Waals surface area contributed by atoms with Gasteiger partial charge < -0.3 is 9.42 Å². The number of nitrogens with one attached hydrogen (secondary N) is 1. The molecule has 0 amide bonds. The van der Waals surface area contributed by atoms with Gasteiger partial charge in [-0.3, -0.25) is 5.32 Å². The average Bonchev–Trinajstić information content (AvgIpc) is 3.12. The summed E-state index contributed by atoms with van der Waals surface area (Å²) in [6.07, 6.45) is 8.90. The normalized spacial score (nSPS) is 24.6. The summed E-state index contributed by atoms with van der Waals surface area (Å²) in [5.41, 5.74) is 0. The number of piperidine rings is 1. The molecule has 2 aliphatic heterocycles. The molecule has 5 heteroatoms. The minimum Gasteiger partial charge on any atom is -0.337 e. The van der Waals surface area contributed by atoms with Gasteiger partial charge >= 0.3 is 0 Å². The lowest BCUT2D eigenvalue weighted by Gasteiger charge is -2.31. The second-order valence-electron chi connectivity index (χ2n) is 5.85. The lowest BCUT2D eigenvalue weighted by Crippen LogP contribution is -2.34. The van der Waals surface area contributed by atoms with Crippen molar-refractivity contribution in [1.29, 1.82) is 0 Å². The fourth-order valence-electron chi connectivity index (χ4n) is 3.10. The van der Waals surface area contributed by atoms with Crippen LogP contribution in [0.25, 0.3) is 0 Å². The molecule has 20 heavy (non-hydrogen) atoms. The molecule has 0 aliphatic carbocycles. The SMILES string of the molecule is CCCN1CCC(Cc2noc([C@@H]3C=CCN3)n2)CC1. The molecule has 1 saturated heterocycles. The van der Waals surface area contributed by atoms with E-state index in [1.807, 2.05) is 0 Å². The van der Waals surface area contributed by atoms with Crippen LogP contribution in [0.2, 0.25) is 0 Å². The maximum absolute atomic E-state index is 5.36. The summed E-state index contributed by atoms with van der Waals surface area (Å²) < 4.78 is 5.36. The second kappa shape index (κ2) is 6.50. The number of likely N-dealkylation sites (tertiary alicyclic amines) is 1. The molecule has 1 atom stereocenters. The Morgan fingerprint density at radius 3 is 2.95 bits per heavy atom. The fourth-order valence-corrected chi connectivity index (χ4v) is 3.10. The summed E-state index contributed by atoms with van der Waals surface area (Å²) in [6.45, 7) is 6.81. The van der Waals surface area contributed by atoms with E-state index >= 15 is 0 Å². The number of hydrogen-bond acceptors (Lipinski definition) is 5. The number of hydrogen-bond donors (Lipinski definition) is 1. The van der Waals surface area contributed by atoms with Crippen LogP contribution in [0.1, 0.15) is 43.9 Å². The van der Waals surface area contributed by atoms with Crippen LogP contribution in [0, 0.1) is 5.92 Å². The quantitative estimate of drug-likeness (QED) is 0.833. The maximum Gasteiger partial charge on any atom is 0.247 e. The first-order chi connectivity index (χ1) is 9.85. The molecule has 0 saturated carbocycles. The molecular formula is C15H24N4O. The van der Waals surface area contributed by atoms with E-state index in [4.69, 9.17) is 4.52 Å². The van der Waals surface area contributed by atoms with Crippen LogP contribution in [0.3, 0.4) is 0 Å². The van der Waals surface area contributed by atoms with E-state index in [1.165, 1.54) is 38.9 Å². The summed E-state index contributed by atoms with van der Waals surface area (Å²) in [6, 6.07) is 0.114. The van der Waals surface area contributed by atoms with Crippen molar-refractivity contribution in [3.05, 3.63) is 23.9 Å². The number of rotatable bonds is 5. The molecule has 110 valence electrons. The van der Waals surface area contributed by atoms with E-state index < -0.39 is 0 Å². The topological polar surface area (TPSA) is 54.2 Å². The van der Waals surface area contributed by atoms with Crippen LogP contribution < -0.4 is 5.32 Å². The molecular weight excluding hydrogens is 252 g/mol. The maximum atomic E-state index is 5.36. The van der Waals surface area contributed by atoms with E-state index in [9.17, 15) is 0 Å². The van der Waals surface area contributed by atoms with Crippen LogP contribution in [-0.2, 0) is 6.42 Å². The minimum atomic E-state index is 0.114. The zero-order chi connectivity index (χ0) is 13.8. The summed E-state index contributed by atoms with van der Waals surface area (Å²) in [7, 11) is 0. The van der Waals surface area contributed by atoms with Gasteiger partial charge in [0.2, 0.25) is 5.89 Å². The lowest BCUT2D eigenvalue weighted by atomic mass is 9.93. The Balaban J connectivity index is 1.50. The van der Waals surface area contributed by atoms with Gasteiger partial charge in [0.25, 0.3) is 0 Å². The molecule has 0 spiro atoms. The van der Waals surface area contributed by atoms with E-state index in [0.717, 1.165) is 18.8 Å². The van der Waals surface area contributed by atoms with Crippen molar-refractivity contribution in [2.45, 2.75) is 38.6 Å². The molecule has 1 fully saturated rings. The molecule has 0 bridgehead atoms.